The van der Waals surface area contributed by atoms with Gasteiger partial charge in [-0.1, -0.05) is 46.8 Å². The predicted octanol–water partition coefficient (Wildman–Crippen LogP) is 3.25. The first-order chi connectivity index (χ1) is 8.81. The molecule has 4 nitrogen and oxygen atoms in total. The quantitative estimate of drug-likeness (QED) is 0.342. The van der Waals surface area contributed by atoms with E-state index in [1.165, 1.54) is 16.1 Å². The molecule has 92 valence electrons. The summed E-state index contributed by atoms with van der Waals surface area (Å²) >= 11 is 1.73. The number of hydrogen-bond acceptors (Lipinski definition) is 2. The maximum atomic E-state index is 8.27. The highest BCUT2D eigenvalue weighted by Crippen LogP contribution is 2.12. The van der Waals surface area contributed by atoms with Crippen LogP contribution in [-0.4, -0.2) is 6.54 Å². The minimum absolute atomic E-state index is 0.531. The summed E-state index contributed by atoms with van der Waals surface area (Å²) in [6.07, 6.45) is 0.822. The standard InChI is InChI=1S/C13H15N4S/c1-11-13(7-8-15-16-14)18-10-17(11)9-12-5-3-2-4-6-12/h2-6,10H,7-9H2,1H3/q+1. The third-order valence-electron chi connectivity index (χ3n) is 2.85. The number of azide groups is 1. The largest absolute Gasteiger partial charge is 0.225 e. The lowest BCUT2D eigenvalue weighted by molar-refractivity contribution is -0.689. The van der Waals surface area contributed by atoms with E-state index in [9.17, 15) is 0 Å². The third kappa shape index (κ3) is 3.09. The monoisotopic (exact) mass is 259 g/mol. The summed E-state index contributed by atoms with van der Waals surface area (Å²) in [7, 11) is 0. The van der Waals surface area contributed by atoms with Crippen LogP contribution in [0.4, 0.5) is 0 Å². The van der Waals surface area contributed by atoms with E-state index in [4.69, 9.17) is 5.53 Å². The highest BCUT2D eigenvalue weighted by Gasteiger charge is 2.14. The fourth-order valence-corrected chi connectivity index (χ4v) is 2.81. The van der Waals surface area contributed by atoms with Crippen LogP contribution >= 0.6 is 11.3 Å². The Balaban J connectivity index is 2.08. The Kier molecular flexibility index (Phi) is 4.34. The molecule has 0 fully saturated rings. The summed E-state index contributed by atoms with van der Waals surface area (Å²) in [5, 5.41) is 3.58. The van der Waals surface area contributed by atoms with Crippen LogP contribution in [0, 0.1) is 6.92 Å². The maximum Gasteiger partial charge on any atom is 0.225 e. The molecule has 0 aliphatic carbocycles. The minimum atomic E-state index is 0.531. The van der Waals surface area contributed by atoms with Gasteiger partial charge in [-0.05, 0) is 12.0 Å². The van der Waals surface area contributed by atoms with Crippen molar-refractivity contribution in [2.45, 2.75) is 19.9 Å². The molecule has 0 aliphatic heterocycles. The Hall–Kier alpha value is -1.84. The molecule has 2 aromatic rings. The van der Waals surface area contributed by atoms with Gasteiger partial charge in [-0.25, -0.2) is 0 Å². The molecular formula is C13H15N4S+. The lowest BCUT2D eigenvalue weighted by Gasteiger charge is -1.97. The van der Waals surface area contributed by atoms with Gasteiger partial charge in [-0.3, -0.25) is 0 Å². The van der Waals surface area contributed by atoms with Crippen molar-refractivity contribution in [1.82, 2.24) is 0 Å². The number of benzene rings is 1. The molecule has 1 heterocycles. The first-order valence-electron chi connectivity index (χ1n) is 5.82. The zero-order valence-corrected chi connectivity index (χ0v) is 11.1. The van der Waals surface area contributed by atoms with E-state index in [2.05, 4.69) is 51.3 Å². The number of nitrogens with zero attached hydrogens (tertiary/aromatic N) is 4. The van der Waals surface area contributed by atoms with Gasteiger partial charge in [0.1, 0.15) is 0 Å². The minimum Gasteiger partial charge on any atom is -0.188 e. The summed E-state index contributed by atoms with van der Waals surface area (Å²) < 4.78 is 2.24. The van der Waals surface area contributed by atoms with Gasteiger partial charge in [0.15, 0.2) is 12.2 Å². The molecule has 0 spiro atoms. The van der Waals surface area contributed by atoms with Gasteiger partial charge < -0.3 is 0 Å². The van der Waals surface area contributed by atoms with E-state index in [0.29, 0.717) is 6.54 Å². The molecule has 0 atom stereocenters. The number of aromatic nitrogens is 1. The highest BCUT2D eigenvalue weighted by atomic mass is 32.1. The Morgan fingerprint density at radius 2 is 2.11 bits per heavy atom. The van der Waals surface area contributed by atoms with E-state index in [0.717, 1.165) is 13.0 Å². The molecule has 5 heteroatoms. The maximum absolute atomic E-state index is 8.27. The topological polar surface area (TPSA) is 52.6 Å². The Morgan fingerprint density at radius 3 is 2.83 bits per heavy atom. The Labute approximate surface area is 110 Å². The second-order valence-electron chi connectivity index (χ2n) is 4.05. The van der Waals surface area contributed by atoms with Crippen LogP contribution < -0.4 is 4.57 Å². The zero-order chi connectivity index (χ0) is 12.8. The highest BCUT2D eigenvalue weighted by molar-refractivity contribution is 7.09. The molecule has 2 rings (SSSR count). The van der Waals surface area contributed by atoms with Crippen molar-refractivity contribution >= 4 is 11.3 Å². The average Bonchev–Trinajstić information content (AvgIpc) is 2.73. The van der Waals surface area contributed by atoms with Crippen LogP contribution in [0.25, 0.3) is 10.4 Å². The molecule has 0 bridgehead atoms. The van der Waals surface area contributed by atoms with Gasteiger partial charge in [-0.2, -0.15) is 4.57 Å². The SMILES string of the molecule is Cc1c(CCN=[N+]=[N-])sc[n+]1Cc1ccccc1. The number of hydrogen-bond donors (Lipinski definition) is 0. The Bertz CT molecular complexity index is 556. The number of thiazole rings is 1. The van der Waals surface area contributed by atoms with E-state index < -0.39 is 0 Å². The fourth-order valence-electron chi connectivity index (χ4n) is 1.82. The molecule has 0 unspecified atom stereocenters. The van der Waals surface area contributed by atoms with Crippen molar-refractivity contribution in [2.24, 2.45) is 5.11 Å². The lowest BCUT2D eigenvalue weighted by atomic mass is 10.2. The van der Waals surface area contributed by atoms with Gasteiger partial charge in [-0.15, -0.1) is 0 Å². The summed E-state index contributed by atoms with van der Waals surface area (Å²) in [6.45, 7) is 3.54. The van der Waals surface area contributed by atoms with Crippen molar-refractivity contribution in [1.29, 1.82) is 0 Å². The van der Waals surface area contributed by atoms with E-state index in [-0.39, 0.29) is 0 Å². The van der Waals surface area contributed by atoms with Crippen molar-refractivity contribution in [3.63, 3.8) is 0 Å². The summed E-state index contributed by atoms with van der Waals surface area (Å²) in [5.41, 5.74) is 13.0. The van der Waals surface area contributed by atoms with Crippen LogP contribution in [0.1, 0.15) is 16.1 Å². The number of rotatable bonds is 5. The van der Waals surface area contributed by atoms with Crippen LogP contribution in [0.2, 0.25) is 0 Å². The summed E-state index contributed by atoms with van der Waals surface area (Å²) in [5.74, 6) is 0. The predicted molar refractivity (Wildman–Crippen MR) is 72.5 cm³/mol. The molecule has 18 heavy (non-hydrogen) atoms. The van der Waals surface area contributed by atoms with Gasteiger partial charge >= 0.3 is 0 Å². The molecule has 0 N–H and O–H groups in total. The fraction of sp³-hybridized carbons (Fsp3) is 0.308. The van der Waals surface area contributed by atoms with Crippen LogP contribution in [-0.2, 0) is 13.0 Å². The van der Waals surface area contributed by atoms with Crippen molar-refractivity contribution in [2.75, 3.05) is 6.54 Å². The lowest BCUT2D eigenvalue weighted by Crippen LogP contribution is -2.35. The Morgan fingerprint density at radius 1 is 1.33 bits per heavy atom. The molecule has 1 aromatic heterocycles. The van der Waals surface area contributed by atoms with Gasteiger partial charge in [0.25, 0.3) is 0 Å². The van der Waals surface area contributed by atoms with Crippen LogP contribution in [0.3, 0.4) is 0 Å². The first-order valence-corrected chi connectivity index (χ1v) is 6.70. The molecule has 0 saturated carbocycles. The molecule has 0 saturated heterocycles. The normalized spacial score (nSPS) is 10.1. The van der Waals surface area contributed by atoms with E-state index >= 15 is 0 Å². The molecule has 1 aromatic carbocycles. The molecule has 0 aliphatic rings. The summed E-state index contributed by atoms with van der Waals surface area (Å²) in [6, 6.07) is 10.4. The van der Waals surface area contributed by atoms with E-state index in [1.54, 1.807) is 11.3 Å². The second kappa shape index (κ2) is 6.19. The van der Waals surface area contributed by atoms with E-state index in [1.807, 2.05) is 6.07 Å². The molecular weight excluding hydrogens is 244 g/mol. The smallest absolute Gasteiger partial charge is 0.188 e. The van der Waals surface area contributed by atoms with Crippen molar-refractivity contribution in [3.05, 3.63) is 62.4 Å². The zero-order valence-electron chi connectivity index (χ0n) is 10.3. The van der Waals surface area contributed by atoms with Crippen molar-refractivity contribution < 1.29 is 4.57 Å². The van der Waals surface area contributed by atoms with Crippen LogP contribution in [0.15, 0.2) is 41.0 Å². The second-order valence-corrected chi connectivity index (χ2v) is 4.99. The van der Waals surface area contributed by atoms with Gasteiger partial charge in [0, 0.05) is 23.9 Å². The molecule has 0 amide bonds. The summed E-state index contributed by atoms with van der Waals surface area (Å²) in [4.78, 5) is 4.07. The molecule has 0 radical (unpaired) electrons. The van der Waals surface area contributed by atoms with Crippen molar-refractivity contribution in [3.8, 4) is 0 Å². The average molecular weight is 259 g/mol. The first kappa shape index (κ1) is 12.6. The van der Waals surface area contributed by atoms with Crippen LogP contribution in [0.5, 0.6) is 0 Å². The van der Waals surface area contributed by atoms with Gasteiger partial charge in [0.05, 0.1) is 4.88 Å². The third-order valence-corrected chi connectivity index (χ3v) is 4.00. The van der Waals surface area contributed by atoms with Gasteiger partial charge in [0.2, 0.25) is 5.51 Å².